The minimum atomic E-state index is -1.09. The molecule has 0 radical (unpaired) electrons. The van der Waals surface area contributed by atoms with Crippen molar-refractivity contribution in [1.29, 1.82) is 0 Å². The number of rotatable bonds is 3. The molecule has 7 heteroatoms. The molecule has 0 saturated heterocycles. The zero-order valence-corrected chi connectivity index (χ0v) is 11.4. The number of hydrogen-bond acceptors (Lipinski definition) is 5. The summed E-state index contributed by atoms with van der Waals surface area (Å²) >= 11 is 0.988. The normalized spacial score (nSPS) is 10.5. The second-order valence-electron chi connectivity index (χ2n) is 4.01. The summed E-state index contributed by atoms with van der Waals surface area (Å²) in [4.78, 5) is 24.7. The van der Waals surface area contributed by atoms with Gasteiger partial charge in [-0.1, -0.05) is 0 Å². The molecule has 0 unspecified atom stereocenters. The standard InChI is InChI=1S/C12H12N2O4S/c1-6-9(12(16)17)11(19-13-6)14(3)10(15)8-4-5-18-7(8)2/h4-5H,1-3H3,(H,16,17). The minimum Gasteiger partial charge on any atom is -0.478 e. The fourth-order valence-electron chi connectivity index (χ4n) is 1.71. The van der Waals surface area contributed by atoms with Crippen molar-refractivity contribution in [3.05, 3.63) is 34.9 Å². The highest BCUT2D eigenvalue weighted by molar-refractivity contribution is 7.11. The molecule has 100 valence electrons. The van der Waals surface area contributed by atoms with Gasteiger partial charge in [0.05, 0.1) is 17.5 Å². The fraction of sp³-hybridized carbons (Fsp3) is 0.250. The summed E-state index contributed by atoms with van der Waals surface area (Å²) in [6, 6.07) is 1.56. The zero-order chi connectivity index (χ0) is 14.2. The van der Waals surface area contributed by atoms with E-state index < -0.39 is 5.97 Å². The number of aryl methyl sites for hydroxylation is 2. The summed E-state index contributed by atoms with van der Waals surface area (Å²) in [7, 11) is 1.52. The van der Waals surface area contributed by atoms with Crippen LogP contribution in [0.1, 0.15) is 32.2 Å². The highest BCUT2D eigenvalue weighted by Gasteiger charge is 2.25. The Morgan fingerprint density at radius 3 is 2.63 bits per heavy atom. The third-order valence-corrected chi connectivity index (χ3v) is 3.77. The number of aromatic carboxylic acids is 1. The van der Waals surface area contributed by atoms with Crippen LogP contribution in [0, 0.1) is 13.8 Å². The Morgan fingerprint density at radius 2 is 2.11 bits per heavy atom. The van der Waals surface area contributed by atoms with E-state index in [1.54, 1.807) is 19.9 Å². The Hall–Kier alpha value is -2.15. The first kappa shape index (κ1) is 13.3. The smallest absolute Gasteiger partial charge is 0.340 e. The van der Waals surface area contributed by atoms with E-state index in [0.717, 1.165) is 11.5 Å². The van der Waals surface area contributed by atoms with Gasteiger partial charge in [0.15, 0.2) is 0 Å². The highest BCUT2D eigenvalue weighted by Crippen LogP contribution is 2.29. The van der Waals surface area contributed by atoms with Gasteiger partial charge in [-0.25, -0.2) is 4.79 Å². The lowest BCUT2D eigenvalue weighted by Crippen LogP contribution is -2.27. The van der Waals surface area contributed by atoms with Crippen LogP contribution in [0.2, 0.25) is 0 Å². The maximum Gasteiger partial charge on any atom is 0.340 e. The molecule has 2 heterocycles. The van der Waals surface area contributed by atoms with Crippen LogP contribution in [0.4, 0.5) is 5.00 Å². The number of aromatic nitrogens is 1. The van der Waals surface area contributed by atoms with E-state index in [9.17, 15) is 9.59 Å². The maximum absolute atomic E-state index is 12.3. The summed E-state index contributed by atoms with van der Waals surface area (Å²) in [5, 5.41) is 9.48. The summed E-state index contributed by atoms with van der Waals surface area (Å²) in [6.45, 7) is 3.28. The van der Waals surface area contributed by atoms with Crippen molar-refractivity contribution >= 4 is 28.4 Å². The number of carbonyl (C=O) groups is 2. The highest BCUT2D eigenvalue weighted by atomic mass is 32.1. The molecule has 0 aromatic carbocycles. The largest absolute Gasteiger partial charge is 0.478 e. The van der Waals surface area contributed by atoms with Crippen molar-refractivity contribution in [2.24, 2.45) is 0 Å². The van der Waals surface area contributed by atoms with Gasteiger partial charge in [-0.2, -0.15) is 4.37 Å². The number of anilines is 1. The Morgan fingerprint density at radius 1 is 1.42 bits per heavy atom. The van der Waals surface area contributed by atoms with Crippen LogP contribution in [0.25, 0.3) is 0 Å². The number of carboxylic acids is 1. The molecule has 0 spiro atoms. The molecule has 2 rings (SSSR count). The van der Waals surface area contributed by atoms with Crippen molar-refractivity contribution in [2.45, 2.75) is 13.8 Å². The van der Waals surface area contributed by atoms with Gasteiger partial charge in [0, 0.05) is 7.05 Å². The first-order chi connectivity index (χ1) is 8.93. The fourth-order valence-corrected chi connectivity index (χ4v) is 2.56. The second kappa shape index (κ2) is 4.85. The van der Waals surface area contributed by atoms with Gasteiger partial charge < -0.3 is 14.4 Å². The minimum absolute atomic E-state index is 0.0574. The zero-order valence-electron chi connectivity index (χ0n) is 10.6. The van der Waals surface area contributed by atoms with Crippen LogP contribution in [-0.2, 0) is 0 Å². The lowest BCUT2D eigenvalue weighted by atomic mass is 10.2. The van der Waals surface area contributed by atoms with Gasteiger partial charge in [-0.3, -0.25) is 4.79 Å². The van der Waals surface area contributed by atoms with Crippen LogP contribution in [0.5, 0.6) is 0 Å². The van der Waals surface area contributed by atoms with Gasteiger partial charge in [-0.05, 0) is 31.4 Å². The van der Waals surface area contributed by atoms with E-state index in [2.05, 4.69) is 4.37 Å². The van der Waals surface area contributed by atoms with Crippen LogP contribution in [-0.4, -0.2) is 28.4 Å². The SMILES string of the molecule is Cc1nsc(N(C)C(=O)c2ccoc2C)c1C(=O)O. The number of carboxylic acid groups (broad SMARTS) is 1. The molecule has 0 aliphatic heterocycles. The average Bonchev–Trinajstić information content (AvgIpc) is 2.93. The van der Waals surface area contributed by atoms with E-state index in [0.29, 0.717) is 22.0 Å². The van der Waals surface area contributed by atoms with Gasteiger partial charge in [0.2, 0.25) is 0 Å². The van der Waals surface area contributed by atoms with Crippen LogP contribution in [0.15, 0.2) is 16.7 Å². The number of furan rings is 1. The van der Waals surface area contributed by atoms with Crippen molar-refractivity contribution in [1.82, 2.24) is 4.37 Å². The quantitative estimate of drug-likeness (QED) is 0.932. The Kier molecular flexibility index (Phi) is 3.39. The van der Waals surface area contributed by atoms with Gasteiger partial charge in [0.1, 0.15) is 16.3 Å². The lowest BCUT2D eigenvalue weighted by Gasteiger charge is -2.15. The van der Waals surface area contributed by atoms with Crippen molar-refractivity contribution in [2.75, 3.05) is 11.9 Å². The van der Waals surface area contributed by atoms with E-state index >= 15 is 0 Å². The molecule has 0 aliphatic rings. The first-order valence-electron chi connectivity index (χ1n) is 5.45. The summed E-state index contributed by atoms with van der Waals surface area (Å²) in [6.07, 6.45) is 1.42. The molecule has 1 N–H and O–H groups in total. The maximum atomic E-state index is 12.3. The number of nitrogens with zero attached hydrogens (tertiary/aromatic N) is 2. The number of hydrogen-bond donors (Lipinski definition) is 1. The predicted octanol–water partition coefficient (Wildman–Crippen LogP) is 2.33. The Balaban J connectivity index is 2.40. The van der Waals surface area contributed by atoms with Crippen molar-refractivity contribution in [3.8, 4) is 0 Å². The molecule has 0 atom stereocenters. The summed E-state index contributed by atoms with van der Waals surface area (Å²) in [5.74, 6) is -0.919. The molecule has 0 saturated carbocycles. The molecule has 1 amide bonds. The number of amides is 1. The molecule has 2 aromatic rings. The van der Waals surface area contributed by atoms with E-state index in [4.69, 9.17) is 9.52 Å². The van der Waals surface area contributed by atoms with Gasteiger partial charge in [0.25, 0.3) is 5.91 Å². The molecule has 0 bridgehead atoms. The third kappa shape index (κ3) is 2.24. The van der Waals surface area contributed by atoms with Gasteiger partial charge >= 0.3 is 5.97 Å². The van der Waals surface area contributed by atoms with Crippen LogP contribution < -0.4 is 4.90 Å². The molecule has 0 fully saturated rings. The average molecular weight is 280 g/mol. The summed E-state index contributed by atoms with van der Waals surface area (Å²) in [5.41, 5.74) is 0.864. The van der Waals surface area contributed by atoms with Crippen molar-refractivity contribution < 1.29 is 19.1 Å². The molecular weight excluding hydrogens is 268 g/mol. The summed E-state index contributed by atoms with van der Waals surface area (Å²) < 4.78 is 9.07. The van der Waals surface area contributed by atoms with E-state index in [1.807, 2.05) is 0 Å². The third-order valence-electron chi connectivity index (χ3n) is 2.76. The number of carbonyl (C=O) groups excluding carboxylic acids is 1. The van der Waals surface area contributed by atoms with E-state index in [-0.39, 0.29) is 11.5 Å². The predicted molar refractivity (Wildman–Crippen MR) is 70.0 cm³/mol. The molecule has 19 heavy (non-hydrogen) atoms. The van der Waals surface area contributed by atoms with Crippen LogP contribution >= 0.6 is 11.5 Å². The molecule has 0 aliphatic carbocycles. The molecular formula is C12H12N2O4S. The topological polar surface area (TPSA) is 83.6 Å². The molecule has 2 aromatic heterocycles. The monoisotopic (exact) mass is 280 g/mol. The van der Waals surface area contributed by atoms with Gasteiger partial charge in [-0.15, -0.1) is 0 Å². The van der Waals surface area contributed by atoms with Crippen LogP contribution in [0.3, 0.4) is 0 Å². The second-order valence-corrected chi connectivity index (χ2v) is 4.76. The van der Waals surface area contributed by atoms with E-state index in [1.165, 1.54) is 18.2 Å². The lowest BCUT2D eigenvalue weighted by molar-refractivity contribution is 0.0697. The van der Waals surface area contributed by atoms with Crippen molar-refractivity contribution in [3.63, 3.8) is 0 Å². The Bertz CT molecular complexity index is 644. The first-order valence-corrected chi connectivity index (χ1v) is 6.22. The molecule has 6 nitrogen and oxygen atoms in total. The Labute approximate surface area is 113 Å².